The molecule has 0 aliphatic carbocycles. The molecule has 1 aromatic carbocycles. The molecule has 4 nitrogen and oxygen atoms in total. The van der Waals surface area contributed by atoms with Crippen molar-refractivity contribution in [3.63, 3.8) is 0 Å². The van der Waals surface area contributed by atoms with Crippen molar-refractivity contribution in [2.24, 2.45) is 4.99 Å². The van der Waals surface area contributed by atoms with Crippen molar-refractivity contribution >= 4 is 41.7 Å². The van der Waals surface area contributed by atoms with E-state index in [1.165, 1.54) is 23.3 Å². The third-order valence-corrected chi connectivity index (χ3v) is 5.27. The zero-order valence-corrected chi connectivity index (χ0v) is 17.6. The van der Waals surface area contributed by atoms with Crippen LogP contribution >= 0.6 is 35.7 Å². The van der Waals surface area contributed by atoms with E-state index in [1.54, 1.807) is 7.11 Å². The van der Waals surface area contributed by atoms with Gasteiger partial charge in [-0.15, -0.1) is 24.0 Å². The number of methoxy groups -OCH3 is 1. The number of hydrogen-bond donors (Lipinski definition) is 1. The van der Waals surface area contributed by atoms with E-state index in [0.29, 0.717) is 5.25 Å². The smallest absolute Gasteiger partial charge is 0.193 e. The number of nitrogens with one attached hydrogen (secondary N) is 1. The number of nitrogens with zero attached hydrogens (tertiary/aromatic N) is 2. The quantitative estimate of drug-likeness (QED) is 0.434. The molecule has 1 aliphatic rings. The van der Waals surface area contributed by atoms with E-state index in [-0.39, 0.29) is 24.0 Å². The topological polar surface area (TPSA) is 36.9 Å². The first-order valence-corrected chi connectivity index (χ1v) is 8.93. The fourth-order valence-electron chi connectivity index (χ4n) is 2.72. The van der Waals surface area contributed by atoms with Crippen LogP contribution < -0.4 is 10.1 Å². The molecule has 1 atom stereocenters. The summed E-state index contributed by atoms with van der Waals surface area (Å²) in [6, 6.07) is 6.31. The molecule has 1 heterocycles. The SMILES string of the molecule is CCC1CN(C(=NC)NCc2cc(C)cc(OC)c2)CCS1.I. The second-order valence-electron chi connectivity index (χ2n) is 5.61. The monoisotopic (exact) mass is 449 g/mol. The molecular formula is C17H28IN3OS. The first kappa shape index (κ1) is 20.4. The van der Waals surface area contributed by atoms with Gasteiger partial charge >= 0.3 is 0 Å². The van der Waals surface area contributed by atoms with Crippen LogP contribution in [0.25, 0.3) is 0 Å². The van der Waals surface area contributed by atoms with Gasteiger partial charge in [0.05, 0.1) is 7.11 Å². The zero-order chi connectivity index (χ0) is 15.9. The largest absolute Gasteiger partial charge is 0.497 e. The van der Waals surface area contributed by atoms with E-state index in [2.05, 4.69) is 53.0 Å². The lowest BCUT2D eigenvalue weighted by molar-refractivity contribution is 0.407. The summed E-state index contributed by atoms with van der Waals surface area (Å²) in [6.45, 7) is 7.27. The lowest BCUT2D eigenvalue weighted by atomic mass is 10.1. The maximum atomic E-state index is 5.34. The van der Waals surface area contributed by atoms with Crippen molar-refractivity contribution in [1.29, 1.82) is 0 Å². The van der Waals surface area contributed by atoms with Gasteiger partial charge in [-0.05, 0) is 36.6 Å². The summed E-state index contributed by atoms with van der Waals surface area (Å²) in [7, 11) is 3.57. The Hall–Kier alpha value is -0.630. The van der Waals surface area contributed by atoms with Crippen molar-refractivity contribution in [3.8, 4) is 5.75 Å². The number of benzene rings is 1. The van der Waals surface area contributed by atoms with Crippen LogP contribution in [0.3, 0.4) is 0 Å². The standard InChI is InChI=1S/C17H27N3OS.HI/c1-5-16-12-20(6-7-22-16)17(18-3)19-11-14-8-13(2)9-15(10-14)21-4;/h8-10,16H,5-7,11-12H2,1-4H3,(H,18,19);1H. The molecule has 0 spiro atoms. The Labute approximate surface area is 161 Å². The summed E-state index contributed by atoms with van der Waals surface area (Å²) < 4.78 is 5.34. The average molecular weight is 449 g/mol. The van der Waals surface area contributed by atoms with Crippen molar-refractivity contribution < 1.29 is 4.74 Å². The van der Waals surface area contributed by atoms with Gasteiger partial charge in [-0.3, -0.25) is 4.99 Å². The molecule has 1 fully saturated rings. The number of rotatable bonds is 4. The van der Waals surface area contributed by atoms with Gasteiger partial charge in [0.15, 0.2) is 5.96 Å². The van der Waals surface area contributed by atoms with Crippen molar-refractivity contribution in [1.82, 2.24) is 10.2 Å². The predicted molar refractivity (Wildman–Crippen MR) is 111 cm³/mol. The van der Waals surface area contributed by atoms with Crippen LogP contribution in [-0.4, -0.2) is 49.1 Å². The molecule has 0 saturated carbocycles. The van der Waals surface area contributed by atoms with Gasteiger partial charge < -0.3 is 15.0 Å². The molecule has 130 valence electrons. The summed E-state index contributed by atoms with van der Waals surface area (Å²) in [5.41, 5.74) is 2.43. The average Bonchev–Trinajstić information content (AvgIpc) is 2.55. The molecule has 1 aliphatic heterocycles. The lowest BCUT2D eigenvalue weighted by Crippen LogP contribution is -2.47. The third-order valence-electron chi connectivity index (χ3n) is 3.90. The Balaban J connectivity index is 0.00000264. The Bertz CT molecular complexity index is 525. The van der Waals surface area contributed by atoms with Crippen molar-refractivity contribution in [3.05, 3.63) is 29.3 Å². The number of halogens is 1. The second-order valence-corrected chi connectivity index (χ2v) is 7.01. The van der Waals surface area contributed by atoms with E-state index in [9.17, 15) is 0 Å². The fraction of sp³-hybridized carbons (Fsp3) is 0.588. The lowest BCUT2D eigenvalue weighted by Gasteiger charge is -2.34. The Kier molecular flexibility index (Phi) is 9.12. The highest BCUT2D eigenvalue weighted by molar-refractivity contribution is 14.0. The number of hydrogen-bond acceptors (Lipinski definition) is 3. The highest BCUT2D eigenvalue weighted by Crippen LogP contribution is 2.21. The predicted octanol–water partition coefficient (Wildman–Crippen LogP) is 3.52. The second kappa shape index (κ2) is 10.3. The highest BCUT2D eigenvalue weighted by atomic mass is 127. The summed E-state index contributed by atoms with van der Waals surface area (Å²) >= 11 is 2.08. The Morgan fingerprint density at radius 3 is 2.87 bits per heavy atom. The van der Waals surface area contributed by atoms with Gasteiger partial charge in [-0.25, -0.2) is 0 Å². The molecular weight excluding hydrogens is 421 g/mol. The number of aryl methyl sites for hydroxylation is 1. The molecule has 1 saturated heterocycles. The van der Waals surface area contributed by atoms with Gasteiger partial charge in [0.1, 0.15) is 5.75 Å². The minimum Gasteiger partial charge on any atom is -0.497 e. The third kappa shape index (κ3) is 6.06. The van der Waals surface area contributed by atoms with E-state index < -0.39 is 0 Å². The van der Waals surface area contributed by atoms with Crippen LogP contribution in [0.2, 0.25) is 0 Å². The summed E-state index contributed by atoms with van der Waals surface area (Å²) in [4.78, 5) is 6.82. The number of ether oxygens (including phenoxy) is 1. The zero-order valence-electron chi connectivity index (χ0n) is 14.5. The van der Waals surface area contributed by atoms with Gasteiger partial charge in [-0.1, -0.05) is 13.0 Å². The molecule has 0 radical (unpaired) electrons. The fourth-order valence-corrected chi connectivity index (χ4v) is 3.90. The van der Waals surface area contributed by atoms with Gasteiger partial charge in [0, 0.05) is 37.7 Å². The number of guanidine groups is 1. The number of aliphatic imine (C=N–C) groups is 1. The van der Waals surface area contributed by atoms with Crippen molar-refractivity contribution in [2.75, 3.05) is 33.0 Å². The van der Waals surface area contributed by atoms with Gasteiger partial charge in [0.25, 0.3) is 0 Å². The van der Waals surface area contributed by atoms with Crippen LogP contribution in [0.1, 0.15) is 24.5 Å². The van der Waals surface area contributed by atoms with Crippen LogP contribution in [0.4, 0.5) is 0 Å². The molecule has 0 bridgehead atoms. The maximum Gasteiger partial charge on any atom is 0.193 e. The molecule has 6 heteroatoms. The normalized spacial score (nSPS) is 18.3. The van der Waals surface area contributed by atoms with Crippen LogP contribution in [0, 0.1) is 6.92 Å². The van der Waals surface area contributed by atoms with Crippen LogP contribution in [-0.2, 0) is 6.54 Å². The van der Waals surface area contributed by atoms with E-state index in [0.717, 1.165) is 31.3 Å². The summed E-state index contributed by atoms with van der Waals surface area (Å²) in [5, 5.41) is 4.20. The molecule has 1 unspecified atom stereocenters. The van der Waals surface area contributed by atoms with Crippen LogP contribution in [0.5, 0.6) is 5.75 Å². The first-order chi connectivity index (χ1) is 10.7. The van der Waals surface area contributed by atoms with E-state index in [1.807, 2.05) is 13.1 Å². The maximum absolute atomic E-state index is 5.34. The van der Waals surface area contributed by atoms with E-state index >= 15 is 0 Å². The minimum atomic E-state index is 0. The number of thioether (sulfide) groups is 1. The molecule has 2 rings (SSSR count). The van der Waals surface area contributed by atoms with Gasteiger partial charge in [0.2, 0.25) is 0 Å². The van der Waals surface area contributed by atoms with Crippen molar-refractivity contribution in [2.45, 2.75) is 32.1 Å². The Morgan fingerprint density at radius 1 is 1.43 bits per heavy atom. The first-order valence-electron chi connectivity index (χ1n) is 7.88. The summed E-state index contributed by atoms with van der Waals surface area (Å²) in [5.74, 6) is 3.09. The molecule has 0 aromatic heterocycles. The summed E-state index contributed by atoms with van der Waals surface area (Å²) in [6.07, 6.45) is 1.22. The molecule has 1 N–H and O–H groups in total. The molecule has 0 amide bonds. The van der Waals surface area contributed by atoms with Crippen LogP contribution in [0.15, 0.2) is 23.2 Å². The molecule has 1 aromatic rings. The van der Waals surface area contributed by atoms with E-state index in [4.69, 9.17) is 4.74 Å². The highest BCUT2D eigenvalue weighted by Gasteiger charge is 2.21. The minimum absolute atomic E-state index is 0. The molecule has 23 heavy (non-hydrogen) atoms. The Morgan fingerprint density at radius 2 is 2.22 bits per heavy atom. The van der Waals surface area contributed by atoms with Gasteiger partial charge in [-0.2, -0.15) is 11.8 Å².